The van der Waals surface area contributed by atoms with Crippen LogP contribution >= 0.6 is 11.6 Å². The lowest BCUT2D eigenvalue weighted by atomic mass is 10.1. The van der Waals surface area contributed by atoms with E-state index in [-0.39, 0.29) is 5.97 Å². The molecule has 3 rings (SSSR count). The molecule has 4 heteroatoms. The highest BCUT2D eigenvalue weighted by molar-refractivity contribution is 6.30. The number of methoxy groups -OCH3 is 1. The van der Waals surface area contributed by atoms with Crippen molar-refractivity contribution in [2.75, 3.05) is 7.11 Å². The summed E-state index contributed by atoms with van der Waals surface area (Å²) in [6.45, 7) is 0. The SMILES string of the molecule is COc1ccccc1/C=C1\C=C(c2ccc(Cl)cc2)OC1=O. The van der Waals surface area contributed by atoms with Crippen molar-refractivity contribution in [3.8, 4) is 5.75 Å². The van der Waals surface area contributed by atoms with Crippen LogP contribution < -0.4 is 4.74 Å². The molecule has 0 radical (unpaired) electrons. The Morgan fingerprint density at radius 3 is 2.55 bits per heavy atom. The molecule has 1 heterocycles. The normalized spacial score (nSPS) is 15.6. The van der Waals surface area contributed by atoms with Gasteiger partial charge in [-0.2, -0.15) is 0 Å². The molecule has 2 aromatic rings. The third kappa shape index (κ3) is 2.90. The maximum absolute atomic E-state index is 12.0. The molecule has 1 aliphatic heterocycles. The van der Waals surface area contributed by atoms with Gasteiger partial charge in [-0.05, 0) is 42.5 Å². The van der Waals surface area contributed by atoms with Gasteiger partial charge in [0, 0.05) is 16.1 Å². The number of rotatable bonds is 3. The van der Waals surface area contributed by atoms with Gasteiger partial charge in [0.15, 0.2) is 0 Å². The summed E-state index contributed by atoms with van der Waals surface area (Å²) in [5, 5.41) is 0.637. The lowest BCUT2D eigenvalue weighted by molar-refractivity contribution is -0.130. The fourth-order valence-corrected chi connectivity index (χ4v) is 2.32. The van der Waals surface area contributed by atoms with Gasteiger partial charge < -0.3 is 9.47 Å². The van der Waals surface area contributed by atoms with Crippen molar-refractivity contribution < 1.29 is 14.3 Å². The Labute approximate surface area is 133 Å². The zero-order valence-electron chi connectivity index (χ0n) is 11.9. The van der Waals surface area contributed by atoms with E-state index >= 15 is 0 Å². The van der Waals surface area contributed by atoms with Gasteiger partial charge in [0.1, 0.15) is 11.5 Å². The number of benzene rings is 2. The van der Waals surface area contributed by atoms with Crippen LogP contribution in [0.15, 0.2) is 60.2 Å². The number of cyclic esters (lactones) is 1. The summed E-state index contributed by atoms with van der Waals surface area (Å²) in [5.74, 6) is 0.842. The average Bonchev–Trinajstić information content (AvgIpc) is 2.89. The number of halogens is 1. The summed E-state index contributed by atoms with van der Waals surface area (Å²) < 4.78 is 10.6. The van der Waals surface area contributed by atoms with Gasteiger partial charge in [-0.25, -0.2) is 4.79 Å². The standard InChI is InChI=1S/C18H13ClO3/c1-21-16-5-3-2-4-13(16)10-14-11-17(22-18(14)20)12-6-8-15(19)9-7-12/h2-11H,1H3/b14-10+. The molecule has 0 amide bonds. The van der Waals surface area contributed by atoms with Crippen LogP contribution in [0.4, 0.5) is 0 Å². The summed E-state index contributed by atoms with van der Waals surface area (Å²) in [6.07, 6.45) is 3.47. The zero-order chi connectivity index (χ0) is 15.5. The second-order valence-corrected chi connectivity index (χ2v) is 5.18. The monoisotopic (exact) mass is 312 g/mol. The van der Waals surface area contributed by atoms with E-state index in [1.165, 1.54) is 0 Å². The van der Waals surface area contributed by atoms with Crippen molar-refractivity contribution in [2.45, 2.75) is 0 Å². The van der Waals surface area contributed by atoms with Crippen molar-refractivity contribution >= 4 is 29.4 Å². The first-order valence-corrected chi connectivity index (χ1v) is 7.10. The molecule has 22 heavy (non-hydrogen) atoms. The minimum atomic E-state index is -0.379. The van der Waals surface area contributed by atoms with Crippen molar-refractivity contribution in [1.29, 1.82) is 0 Å². The van der Waals surface area contributed by atoms with Crippen LogP contribution in [-0.2, 0) is 9.53 Å². The molecule has 0 bridgehead atoms. The van der Waals surface area contributed by atoms with E-state index in [9.17, 15) is 4.79 Å². The highest BCUT2D eigenvalue weighted by atomic mass is 35.5. The van der Waals surface area contributed by atoms with Crippen LogP contribution in [0, 0.1) is 0 Å². The van der Waals surface area contributed by atoms with Crippen LogP contribution in [0.5, 0.6) is 5.75 Å². The molecule has 1 aliphatic rings. The second-order valence-electron chi connectivity index (χ2n) is 4.75. The fourth-order valence-electron chi connectivity index (χ4n) is 2.20. The minimum absolute atomic E-state index is 0.379. The third-order valence-corrected chi connectivity index (χ3v) is 3.56. The number of hydrogen-bond acceptors (Lipinski definition) is 3. The quantitative estimate of drug-likeness (QED) is 0.625. The van der Waals surface area contributed by atoms with Gasteiger partial charge in [0.25, 0.3) is 0 Å². The highest BCUT2D eigenvalue weighted by Gasteiger charge is 2.22. The molecule has 0 spiro atoms. The van der Waals surface area contributed by atoms with E-state index in [1.807, 2.05) is 36.4 Å². The van der Waals surface area contributed by atoms with Gasteiger partial charge in [-0.1, -0.05) is 29.8 Å². The Bertz CT molecular complexity index is 773. The molecule has 0 saturated carbocycles. The van der Waals surface area contributed by atoms with Gasteiger partial charge in [-0.15, -0.1) is 0 Å². The van der Waals surface area contributed by atoms with Gasteiger partial charge in [0.2, 0.25) is 0 Å². The summed E-state index contributed by atoms with van der Waals surface area (Å²) in [6, 6.07) is 14.6. The van der Waals surface area contributed by atoms with Crippen LogP contribution in [0.2, 0.25) is 5.02 Å². The Morgan fingerprint density at radius 1 is 1.09 bits per heavy atom. The molecule has 3 nitrogen and oxygen atoms in total. The Kier molecular flexibility index (Phi) is 3.98. The molecule has 0 N–H and O–H groups in total. The molecule has 0 unspecified atom stereocenters. The van der Waals surface area contributed by atoms with E-state index in [2.05, 4.69) is 0 Å². The molecular weight excluding hydrogens is 300 g/mol. The third-order valence-electron chi connectivity index (χ3n) is 3.30. The number of esters is 1. The first-order valence-electron chi connectivity index (χ1n) is 6.72. The van der Waals surface area contributed by atoms with Crippen molar-refractivity contribution in [1.82, 2.24) is 0 Å². The number of carbonyl (C=O) groups is 1. The summed E-state index contributed by atoms with van der Waals surface area (Å²) in [5.41, 5.74) is 2.11. The molecule has 2 aromatic carbocycles. The van der Waals surface area contributed by atoms with E-state index in [1.54, 1.807) is 31.4 Å². The number of para-hydroxylation sites is 1. The van der Waals surface area contributed by atoms with Crippen LogP contribution in [-0.4, -0.2) is 13.1 Å². The molecule has 0 saturated heterocycles. The highest BCUT2D eigenvalue weighted by Crippen LogP contribution is 2.29. The number of carbonyl (C=O) groups excluding carboxylic acids is 1. The largest absolute Gasteiger partial charge is 0.496 e. The van der Waals surface area contributed by atoms with E-state index < -0.39 is 0 Å². The fraction of sp³-hybridized carbons (Fsp3) is 0.0556. The Morgan fingerprint density at radius 2 is 1.82 bits per heavy atom. The van der Waals surface area contributed by atoms with E-state index in [0.29, 0.717) is 22.1 Å². The summed E-state index contributed by atoms with van der Waals surface area (Å²) >= 11 is 5.86. The number of ether oxygens (including phenoxy) is 2. The van der Waals surface area contributed by atoms with Gasteiger partial charge >= 0.3 is 5.97 Å². The maximum atomic E-state index is 12.0. The molecule has 110 valence electrons. The molecule has 0 aromatic heterocycles. The summed E-state index contributed by atoms with van der Waals surface area (Å²) in [7, 11) is 1.60. The second kappa shape index (κ2) is 6.08. The molecule has 0 atom stereocenters. The van der Waals surface area contributed by atoms with Crippen LogP contribution in [0.3, 0.4) is 0 Å². The van der Waals surface area contributed by atoms with Gasteiger partial charge in [-0.3, -0.25) is 0 Å². The molecular formula is C18H13ClO3. The molecule has 0 fully saturated rings. The molecule has 0 aliphatic carbocycles. The number of hydrogen-bond donors (Lipinski definition) is 0. The first-order chi connectivity index (χ1) is 10.7. The predicted octanol–water partition coefficient (Wildman–Crippen LogP) is 4.33. The van der Waals surface area contributed by atoms with Crippen LogP contribution in [0.1, 0.15) is 11.1 Å². The maximum Gasteiger partial charge on any atom is 0.343 e. The Balaban J connectivity index is 1.96. The van der Waals surface area contributed by atoms with Crippen molar-refractivity contribution in [2.24, 2.45) is 0 Å². The van der Waals surface area contributed by atoms with E-state index in [4.69, 9.17) is 21.1 Å². The summed E-state index contributed by atoms with van der Waals surface area (Å²) in [4.78, 5) is 12.0. The van der Waals surface area contributed by atoms with E-state index in [0.717, 1.165) is 11.1 Å². The van der Waals surface area contributed by atoms with Crippen molar-refractivity contribution in [3.63, 3.8) is 0 Å². The Hall–Kier alpha value is -2.52. The minimum Gasteiger partial charge on any atom is -0.496 e. The van der Waals surface area contributed by atoms with Crippen molar-refractivity contribution in [3.05, 3.63) is 76.3 Å². The van der Waals surface area contributed by atoms with Gasteiger partial charge in [0.05, 0.1) is 12.7 Å². The lowest BCUT2D eigenvalue weighted by Crippen LogP contribution is -1.97. The smallest absolute Gasteiger partial charge is 0.343 e. The topological polar surface area (TPSA) is 35.5 Å². The average molecular weight is 313 g/mol. The predicted molar refractivity (Wildman–Crippen MR) is 86.5 cm³/mol. The first kappa shape index (κ1) is 14.4. The lowest BCUT2D eigenvalue weighted by Gasteiger charge is -2.03. The van der Waals surface area contributed by atoms with Crippen LogP contribution in [0.25, 0.3) is 11.8 Å². The zero-order valence-corrected chi connectivity index (χ0v) is 12.6.